The summed E-state index contributed by atoms with van der Waals surface area (Å²) in [7, 11) is 6.06. The largest absolute Gasteiger partial charge is 0.496 e. The number of para-hydroxylation sites is 1. The molecule has 0 radical (unpaired) electrons. The maximum absolute atomic E-state index is 5.63. The lowest BCUT2D eigenvalue weighted by Gasteiger charge is -2.22. The average molecular weight is 281 g/mol. The minimum atomic E-state index is 0.109. The molecule has 0 heterocycles. The fourth-order valence-corrected chi connectivity index (χ4v) is 3.58. The van der Waals surface area contributed by atoms with Gasteiger partial charge in [0.25, 0.3) is 0 Å². The molecule has 2 heteroatoms. The Morgan fingerprint density at radius 3 is 2.38 bits per heavy atom. The van der Waals surface area contributed by atoms with Crippen molar-refractivity contribution in [3.8, 4) is 5.75 Å². The molecule has 0 aromatic heterocycles. The standard InChI is InChI=1S/C19H23NO/c1-20(2)14-16-13-19(16,15-9-5-4-6-10-15)17-11-7-8-12-18(17)21-3/h4-12,16H,13-14H2,1-3H3. The third-order valence-electron chi connectivity index (χ3n) is 4.57. The monoisotopic (exact) mass is 281 g/mol. The number of rotatable bonds is 5. The molecule has 1 aliphatic rings. The first-order chi connectivity index (χ1) is 10.2. The van der Waals surface area contributed by atoms with Crippen LogP contribution in [0.25, 0.3) is 0 Å². The SMILES string of the molecule is COc1ccccc1C1(c2ccccc2)CC1CN(C)C. The second kappa shape index (κ2) is 5.53. The van der Waals surface area contributed by atoms with E-state index in [1.165, 1.54) is 17.5 Å². The number of hydrogen-bond donors (Lipinski definition) is 0. The lowest BCUT2D eigenvalue weighted by atomic mass is 9.85. The van der Waals surface area contributed by atoms with Crippen molar-refractivity contribution >= 4 is 0 Å². The van der Waals surface area contributed by atoms with E-state index < -0.39 is 0 Å². The highest BCUT2D eigenvalue weighted by Gasteiger charge is 2.57. The summed E-state index contributed by atoms with van der Waals surface area (Å²) < 4.78 is 5.63. The molecule has 0 N–H and O–H groups in total. The lowest BCUT2D eigenvalue weighted by molar-refractivity contribution is 0.371. The molecule has 1 aliphatic carbocycles. The first-order valence-electron chi connectivity index (χ1n) is 7.52. The van der Waals surface area contributed by atoms with Gasteiger partial charge in [-0.2, -0.15) is 0 Å². The summed E-state index contributed by atoms with van der Waals surface area (Å²) in [5.74, 6) is 1.65. The van der Waals surface area contributed by atoms with Gasteiger partial charge in [-0.05, 0) is 38.1 Å². The summed E-state index contributed by atoms with van der Waals surface area (Å²) in [4.78, 5) is 2.28. The third kappa shape index (κ3) is 2.44. The zero-order valence-electron chi connectivity index (χ0n) is 13.0. The van der Waals surface area contributed by atoms with E-state index in [9.17, 15) is 0 Å². The molecular weight excluding hydrogens is 258 g/mol. The maximum Gasteiger partial charge on any atom is 0.122 e. The Kier molecular flexibility index (Phi) is 3.73. The third-order valence-corrected chi connectivity index (χ3v) is 4.57. The van der Waals surface area contributed by atoms with Crippen LogP contribution in [-0.2, 0) is 5.41 Å². The molecule has 2 aromatic rings. The zero-order valence-corrected chi connectivity index (χ0v) is 13.0. The van der Waals surface area contributed by atoms with Crippen LogP contribution in [0.3, 0.4) is 0 Å². The van der Waals surface area contributed by atoms with Crippen LogP contribution in [0.15, 0.2) is 54.6 Å². The Labute approximate surface area is 127 Å². The van der Waals surface area contributed by atoms with E-state index in [0.717, 1.165) is 12.3 Å². The first kappa shape index (κ1) is 14.2. The highest BCUT2D eigenvalue weighted by atomic mass is 16.5. The summed E-state index contributed by atoms with van der Waals surface area (Å²) >= 11 is 0. The highest BCUT2D eigenvalue weighted by Crippen LogP contribution is 2.60. The van der Waals surface area contributed by atoms with Crippen LogP contribution in [0.1, 0.15) is 17.5 Å². The minimum Gasteiger partial charge on any atom is -0.496 e. The zero-order chi connectivity index (χ0) is 14.9. The molecule has 1 saturated carbocycles. The van der Waals surface area contributed by atoms with Gasteiger partial charge in [0.2, 0.25) is 0 Å². The van der Waals surface area contributed by atoms with E-state index in [-0.39, 0.29) is 5.41 Å². The van der Waals surface area contributed by atoms with Crippen LogP contribution in [0.5, 0.6) is 5.75 Å². The Bertz CT molecular complexity index is 608. The summed E-state index contributed by atoms with van der Waals surface area (Å²) in [6.07, 6.45) is 1.19. The van der Waals surface area contributed by atoms with E-state index in [4.69, 9.17) is 4.74 Å². The van der Waals surface area contributed by atoms with Gasteiger partial charge in [-0.3, -0.25) is 0 Å². The molecular formula is C19H23NO. The molecule has 2 nitrogen and oxygen atoms in total. The van der Waals surface area contributed by atoms with Gasteiger partial charge >= 0.3 is 0 Å². The Hall–Kier alpha value is -1.80. The lowest BCUT2D eigenvalue weighted by Crippen LogP contribution is -2.21. The van der Waals surface area contributed by atoms with Crippen molar-refractivity contribution in [1.29, 1.82) is 0 Å². The smallest absolute Gasteiger partial charge is 0.122 e. The van der Waals surface area contributed by atoms with E-state index in [0.29, 0.717) is 5.92 Å². The molecule has 0 spiro atoms. The van der Waals surface area contributed by atoms with E-state index in [1.807, 2.05) is 6.07 Å². The number of benzene rings is 2. The van der Waals surface area contributed by atoms with Gasteiger partial charge in [-0.25, -0.2) is 0 Å². The van der Waals surface area contributed by atoms with Gasteiger partial charge in [-0.15, -0.1) is 0 Å². The molecule has 0 saturated heterocycles. The summed E-state index contributed by atoms with van der Waals surface area (Å²) in [6, 6.07) is 19.3. The fraction of sp³-hybridized carbons (Fsp3) is 0.368. The summed E-state index contributed by atoms with van der Waals surface area (Å²) in [6.45, 7) is 1.10. The van der Waals surface area contributed by atoms with Crippen LogP contribution in [-0.4, -0.2) is 32.6 Å². The van der Waals surface area contributed by atoms with Gasteiger partial charge in [0, 0.05) is 17.5 Å². The minimum absolute atomic E-state index is 0.109. The Morgan fingerprint density at radius 2 is 1.71 bits per heavy atom. The molecule has 110 valence electrons. The van der Waals surface area contributed by atoms with Crippen LogP contribution in [0, 0.1) is 5.92 Å². The average Bonchev–Trinajstić information content (AvgIpc) is 3.22. The predicted octanol–water partition coefficient (Wildman–Crippen LogP) is 3.56. The Balaban J connectivity index is 2.07. The van der Waals surface area contributed by atoms with Gasteiger partial charge in [0.05, 0.1) is 7.11 Å². The van der Waals surface area contributed by atoms with Crippen molar-refractivity contribution in [2.45, 2.75) is 11.8 Å². The quantitative estimate of drug-likeness (QED) is 0.831. The predicted molar refractivity (Wildman–Crippen MR) is 86.9 cm³/mol. The molecule has 0 amide bonds. The topological polar surface area (TPSA) is 12.5 Å². The molecule has 2 aromatic carbocycles. The molecule has 21 heavy (non-hydrogen) atoms. The van der Waals surface area contributed by atoms with Crippen molar-refractivity contribution in [3.63, 3.8) is 0 Å². The first-order valence-corrected chi connectivity index (χ1v) is 7.52. The molecule has 3 rings (SSSR count). The molecule has 0 bridgehead atoms. The summed E-state index contributed by atoms with van der Waals surface area (Å²) in [5.41, 5.74) is 2.84. The van der Waals surface area contributed by atoms with Crippen LogP contribution in [0.4, 0.5) is 0 Å². The van der Waals surface area contributed by atoms with E-state index >= 15 is 0 Å². The Morgan fingerprint density at radius 1 is 1.05 bits per heavy atom. The molecule has 2 atom stereocenters. The van der Waals surface area contributed by atoms with E-state index in [2.05, 4.69) is 67.5 Å². The highest BCUT2D eigenvalue weighted by molar-refractivity contribution is 5.53. The summed E-state index contributed by atoms with van der Waals surface area (Å²) in [5, 5.41) is 0. The second-order valence-corrected chi connectivity index (χ2v) is 6.20. The van der Waals surface area contributed by atoms with Gasteiger partial charge in [-0.1, -0.05) is 48.5 Å². The molecule has 1 fully saturated rings. The van der Waals surface area contributed by atoms with Gasteiger partial charge in [0.1, 0.15) is 5.75 Å². The van der Waals surface area contributed by atoms with Gasteiger partial charge in [0.15, 0.2) is 0 Å². The number of nitrogens with zero attached hydrogens (tertiary/aromatic N) is 1. The fourth-order valence-electron chi connectivity index (χ4n) is 3.58. The van der Waals surface area contributed by atoms with Crippen LogP contribution >= 0.6 is 0 Å². The number of ether oxygens (including phenoxy) is 1. The molecule has 0 aliphatic heterocycles. The van der Waals surface area contributed by atoms with E-state index in [1.54, 1.807) is 7.11 Å². The van der Waals surface area contributed by atoms with Crippen molar-refractivity contribution < 1.29 is 4.74 Å². The normalized spacial score (nSPS) is 24.1. The molecule has 2 unspecified atom stereocenters. The number of methoxy groups -OCH3 is 1. The number of hydrogen-bond acceptors (Lipinski definition) is 2. The van der Waals surface area contributed by atoms with Crippen LogP contribution in [0.2, 0.25) is 0 Å². The van der Waals surface area contributed by atoms with Crippen molar-refractivity contribution in [2.24, 2.45) is 5.92 Å². The second-order valence-electron chi connectivity index (χ2n) is 6.20. The van der Waals surface area contributed by atoms with Crippen LogP contribution < -0.4 is 4.74 Å². The van der Waals surface area contributed by atoms with Crippen molar-refractivity contribution in [3.05, 3.63) is 65.7 Å². The van der Waals surface area contributed by atoms with Crippen molar-refractivity contribution in [1.82, 2.24) is 4.90 Å². The van der Waals surface area contributed by atoms with Crippen molar-refractivity contribution in [2.75, 3.05) is 27.7 Å². The van der Waals surface area contributed by atoms with Gasteiger partial charge < -0.3 is 9.64 Å². The maximum atomic E-state index is 5.63.